The van der Waals surface area contributed by atoms with E-state index in [0.29, 0.717) is 0 Å². The minimum Gasteiger partial charge on any atom is -0.0619 e. The van der Waals surface area contributed by atoms with Gasteiger partial charge in [0.05, 0.1) is 0 Å². The number of hydrogen-bond acceptors (Lipinski definition) is 0. The van der Waals surface area contributed by atoms with Crippen LogP contribution >= 0.6 is 0 Å². The molecule has 14 aromatic carbocycles. The molecule has 5 aliphatic rings. The Labute approximate surface area is 584 Å². The Morgan fingerprint density at radius 3 is 0.495 bits per heavy atom. The maximum absolute atomic E-state index is 2.48. The second-order valence-corrected chi connectivity index (χ2v) is 31.6. The van der Waals surface area contributed by atoms with E-state index < -0.39 is 0 Å². The molecule has 0 aliphatic heterocycles. The number of fused-ring (bicyclic) bond motifs is 15. The Bertz CT molecular complexity index is 5220. The number of hydrogen-bond donors (Lipinski definition) is 0. The molecule has 0 saturated heterocycles. The lowest BCUT2D eigenvalue weighted by Crippen LogP contribution is -2.15. The molecule has 0 unspecified atom stereocenters. The van der Waals surface area contributed by atoms with Gasteiger partial charge in [0.1, 0.15) is 0 Å². The Morgan fingerprint density at radius 1 is 0.121 bits per heavy atom. The highest BCUT2D eigenvalue weighted by molar-refractivity contribution is 5.94. The third kappa shape index (κ3) is 8.84. The summed E-state index contributed by atoms with van der Waals surface area (Å²) in [5, 5.41) is 0. The maximum atomic E-state index is 2.48. The third-order valence-electron chi connectivity index (χ3n) is 24.3. The minimum atomic E-state index is -0.243. The lowest BCUT2D eigenvalue weighted by atomic mass is 9.80. The largest absolute Gasteiger partial charge is 0.0619 e. The quantitative estimate of drug-likeness (QED) is 0.142. The van der Waals surface area contributed by atoms with Crippen molar-refractivity contribution in [2.75, 3.05) is 0 Å². The molecule has 19 rings (SSSR count). The zero-order valence-corrected chi connectivity index (χ0v) is 58.2. The summed E-state index contributed by atoms with van der Waals surface area (Å²) >= 11 is 0. The molecule has 474 valence electrons. The summed E-state index contributed by atoms with van der Waals surface area (Å²) in [4.78, 5) is 0. The molecule has 14 aromatic rings. The van der Waals surface area contributed by atoms with Gasteiger partial charge in [-0.1, -0.05) is 275 Å². The molecule has 0 aromatic heterocycles. The monoisotopic (exact) mass is 1270 g/mol. The molecule has 0 atom stereocenters. The maximum Gasteiger partial charge on any atom is 0.0159 e. The van der Waals surface area contributed by atoms with E-state index in [1.165, 1.54) is 200 Å². The lowest BCUT2D eigenvalue weighted by Gasteiger charge is -2.23. The van der Waals surface area contributed by atoms with Gasteiger partial charge < -0.3 is 0 Å². The average Bonchev–Trinajstić information content (AvgIpc) is 1.69. The molecule has 0 spiro atoms. The van der Waals surface area contributed by atoms with Crippen LogP contribution in [0.3, 0.4) is 0 Å². The summed E-state index contributed by atoms with van der Waals surface area (Å²) < 4.78 is 0. The van der Waals surface area contributed by atoms with E-state index in [4.69, 9.17) is 0 Å². The van der Waals surface area contributed by atoms with Gasteiger partial charge in [0.15, 0.2) is 0 Å². The van der Waals surface area contributed by atoms with Gasteiger partial charge in [0.25, 0.3) is 0 Å². The van der Waals surface area contributed by atoms with Crippen molar-refractivity contribution in [2.24, 2.45) is 0 Å². The standard InChI is InChI=1S/C99H78/c1-95(2)85-29-15-11-25-75(85)79-41-35-65(55-89(79)95)71-47-69(48-72(51-71)66-36-42-80-76-26-12-16-30-86(76)96(3,4)90(80)56-66)61-23-19-21-59(45-61)63-33-39-83-84-40-34-64(54-94(84)99(9,10)93(83)53-63)60-22-20-24-62(46-60)70-49-73(67-37-43-81-77-27-13-17-31-87(77)97(5,6)91(81)57-67)52-74(50-70)68-38-44-82-78-28-14-18-32-88(78)98(7,8)92(82)58-68/h11-58H,1-10H3. The highest BCUT2D eigenvalue weighted by Gasteiger charge is 2.41. The Balaban J connectivity index is 0.666. The molecule has 0 bridgehead atoms. The van der Waals surface area contributed by atoms with Gasteiger partial charge in [-0.3, -0.25) is 0 Å². The second kappa shape index (κ2) is 21.0. The van der Waals surface area contributed by atoms with Crippen molar-refractivity contribution >= 4 is 0 Å². The van der Waals surface area contributed by atoms with Crippen molar-refractivity contribution in [3.8, 4) is 145 Å². The predicted octanol–water partition coefficient (Wildman–Crippen LogP) is 26.6. The van der Waals surface area contributed by atoms with Gasteiger partial charge in [0, 0.05) is 27.1 Å². The van der Waals surface area contributed by atoms with Gasteiger partial charge in [-0.25, -0.2) is 0 Å². The third-order valence-corrected chi connectivity index (χ3v) is 24.3. The molecule has 0 heteroatoms. The number of benzene rings is 14. The van der Waals surface area contributed by atoms with Crippen LogP contribution in [0.5, 0.6) is 0 Å². The van der Waals surface area contributed by atoms with Crippen LogP contribution in [-0.2, 0) is 27.1 Å². The van der Waals surface area contributed by atoms with Crippen LogP contribution in [0.15, 0.2) is 291 Å². The normalized spacial score (nSPS) is 15.6. The molecular weight excluding hydrogens is 1190 g/mol. The summed E-state index contributed by atoms with van der Waals surface area (Å²) in [7, 11) is 0. The first kappa shape index (κ1) is 59.4. The Morgan fingerprint density at radius 2 is 0.273 bits per heavy atom. The van der Waals surface area contributed by atoms with E-state index in [1.807, 2.05) is 0 Å². The molecule has 0 saturated carbocycles. The molecule has 5 aliphatic carbocycles. The van der Waals surface area contributed by atoms with Crippen molar-refractivity contribution < 1.29 is 0 Å². The highest BCUT2D eigenvalue weighted by Crippen LogP contribution is 2.56. The fourth-order valence-electron chi connectivity index (χ4n) is 18.6. The fraction of sp³-hybridized carbons (Fsp3) is 0.152. The summed E-state index contributed by atoms with van der Waals surface area (Å²) in [6.45, 7) is 23.9. The van der Waals surface area contributed by atoms with Crippen LogP contribution in [0.4, 0.5) is 0 Å². The molecule has 0 fully saturated rings. The molecule has 0 radical (unpaired) electrons. The van der Waals surface area contributed by atoms with Crippen LogP contribution in [-0.4, -0.2) is 0 Å². The first-order valence-electron chi connectivity index (χ1n) is 35.6. The van der Waals surface area contributed by atoms with Crippen molar-refractivity contribution in [1.29, 1.82) is 0 Å². The summed E-state index contributed by atoms with van der Waals surface area (Å²) in [5.74, 6) is 0. The van der Waals surface area contributed by atoms with Crippen LogP contribution in [0, 0.1) is 0 Å². The van der Waals surface area contributed by atoms with E-state index in [0.717, 1.165) is 0 Å². The van der Waals surface area contributed by atoms with Crippen LogP contribution in [0.1, 0.15) is 125 Å². The summed E-state index contributed by atoms with van der Waals surface area (Å²) in [5.41, 5.74) is 46.1. The highest BCUT2D eigenvalue weighted by atomic mass is 14.4. The molecule has 0 nitrogen and oxygen atoms in total. The Kier molecular flexibility index (Phi) is 12.6. The predicted molar refractivity (Wildman–Crippen MR) is 418 cm³/mol. The molecule has 99 heavy (non-hydrogen) atoms. The van der Waals surface area contributed by atoms with Gasteiger partial charge in [-0.15, -0.1) is 0 Å². The first-order valence-corrected chi connectivity index (χ1v) is 35.6. The van der Waals surface area contributed by atoms with Crippen molar-refractivity contribution in [1.82, 2.24) is 0 Å². The van der Waals surface area contributed by atoms with Gasteiger partial charge >= 0.3 is 0 Å². The first-order chi connectivity index (χ1) is 47.8. The van der Waals surface area contributed by atoms with Crippen molar-refractivity contribution in [3.63, 3.8) is 0 Å². The average molecular weight is 1270 g/mol. The smallest absolute Gasteiger partial charge is 0.0159 e. The van der Waals surface area contributed by atoms with E-state index in [1.54, 1.807) is 0 Å². The minimum absolute atomic E-state index is 0.106. The molecule has 0 amide bonds. The topological polar surface area (TPSA) is 0 Å². The lowest BCUT2D eigenvalue weighted by molar-refractivity contribution is 0.660. The van der Waals surface area contributed by atoms with Crippen molar-refractivity contribution in [2.45, 2.75) is 96.3 Å². The van der Waals surface area contributed by atoms with Gasteiger partial charge in [-0.2, -0.15) is 0 Å². The SMILES string of the molecule is CC1(C)c2ccccc2-c2ccc(-c3cc(-c4cccc(-c5ccc6c(c5)C(C)(C)c5cc(-c7cccc(-c8cc(-c9ccc%10c(c9)C(C)(C)c9ccccc9-%10)cc(-c9ccc%10c(c9)C(C)(C)c9ccccc9-%10)c8)c7)ccc5-6)c4)cc(-c4ccc5c(c4)C(C)(C)c4ccccc4-5)c3)cc21. The van der Waals surface area contributed by atoms with E-state index >= 15 is 0 Å². The van der Waals surface area contributed by atoms with Crippen LogP contribution in [0.2, 0.25) is 0 Å². The zero-order valence-electron chi connectivity index (χ0n) is 58.2. The van der Waals surface area contributed by atoms with E-state index in [-0.39, 0.29) is 27.1 Å². The van der Waals surface area contributed by atoms with E-state index in [9.17, 15) is 0 Å². The van der Waals surface area contributed by atoms with Crippen LogP contribution in [0.25, 0.3) is 145 Å². The second-order valence-electron chi connectivity index (χ2n) is 31.6. The number of rotatable bonds is 8. The Hall–Kier alpha value is -10.9. The van der Waals surface area contributed by atoms with Crippen LogP contribution < -0.4 is 0 Å². The van der Waals surface area contributed by atoms with Gasteiger partial charge in [0.2, 0.25) is 0 Å². The molecule has 0 N–H and O–H groups in total. The van der Waals surface area contributed by atoms with Gasteiger partial charge in [-0.05, 0) is 285 Å². The molecule has 0 heterocycles. The summed E-state index contributed by atoms with van der Waals surface area (Å²) in [6, 6.07) is 112. The fourth-order valence-corrected chi connectivity index (χ4v) is 18.6. The summed E-state index contributed by atoms with van der Waals surface area (Å²) in [6.07, 6.45) is 0. The van der Waals surface area contributed by atoms with Crippen molar-refractivity contribution in [3.05, 3.63) is 347 Å². The zero-order chi connectivity index (χ0) is 67.2. The van der Waals surface area contributed by atoms with E-state index in [2.05, 4.69) is 360 Å². The molecular formula is C99H78.